The highest BCUT2D eigenvalue weighted by Crippen LogP contribution is 2.44. The Hall–Kier alpha value is -3.35. The Kier molecular flexibility index (Phi) is 6.26. The predicted molar refractivity (Wildman–Crippen MR) is 126 cm³/mol. The third kappa shape index (κ3) is 4.52. The number of rotatable bonds is 7. The molecule has 4 atom stereocenters. The van der Waals surface area contributed by atoms with Gasteiger partial charge in [-0.1, -0.05) is 61.4 Å². The maximum atomic E-state index is 12.8. The Morgan fingerprint density at radius 2 is 1.56 bits per heavy atom. The van der Waals surface area contributed by atoms with Crippen LogP contribution in [-0.4, -0.2) is 42.3 Å². The van der Waals surface area contributed by atoms with Crippen LogP contribution < -0.4 is 10.6 Å². The number of carbonyl (C=O) groups is 3. The van der Waals surface area contributed by atoms with Crippen molar-refractivity contribution in [2.45, 2.75) is 44.1 Å². The van der Waals surface area contributed by atoms with Gasteiger partial charge in [-0.15, -0.1) is 0 Å². The minimum Gasteiger partial charge on any atom is -0.481 e. The lowest BCUT2D eigenvalue weighted by atomic mass is 9.84. The molecule has 2 amide bonds. The van der Waals surface area contributed by atoms with Gasteiger partial charge in [0.2, 0.25) is 5.91 Å². The van der Waals surface area contributed by atoms with Crippen molar-refractivity contribution >= 4 is 18.0 Å². The molecule has 3 aliphatic rings. The fourth-order valence-electron chi connectivity index (χ4n) is 5.55. The van der Waals surface area contributed by atoms with Gasteiger partial charge in [0.25, 0.3) is 0 Å². The number of amides is 2. The van der Waals surface area contributed by atoms with E-state index >= 15 is 0 Å². The van der Waals surface area contributed by atoms with Gasteiger partial charge in [-0.3, -0.25) is 9.59 Å². The highest BCUT2D eigenvalue weighted by atomic mass is 16.5. The fourth-order valence-corrected chi connectivity index (χ4v) is 5.55. The van der Waals surface area contributed by atoms with Crippen LogP contribution in [0, 0.1) is 17.8 Å². The van der Waals surface area contributed by atoms with Crippen LogP contribution in [0.15, 0.2) is 48.5 Å². The molecule has 2 fully saturated rings. The number of aliphatic carboxylic acids is 1. The van der Waals surface area contributed by atoms with Crippen molar-refractivity contribution in [3.8, 4) is 11.1 Å². The lowest BCUT2D eigenvalue weighted by Gasteiger charge is -2.31. The summed E-state index contributed by atoms with van der Waals surface area (Å²) in [5.74, 6) is -1.58. The predicted octanol–water partition coefficient (Wildman–Crippen LogP) is 3.92. The van der Waals surface area contributed by atoms with E-state index in [1.165, 1.54) is 11.1 Å². The molecule has 0 saturated heterocycles. The van der Waals surface area contributed by atoms with Crippen molar-refractivity contribution in [2.75, 3.05) is 13.2 Å². The third-order valence-electron chi connectivity index (χ3n) is 7.53. The first-order valence-corrected chi connectivity index (χ1v) is 12.1. The number of nitrogens with one attached hydrogen (secondary N) is 2. The van der Waals surface area contributed by atoms with Crippen LogP contribution in [-0.2, 0) is 14.3 Å². The van der Waals surface area contributed by atoms with E-state index in [0.29, 0.717) is 19.4 Å². The van der Waals surface area contributed by atoms with Gasteiger partial charge in [0.15, 0.2) is 0 Å². The van der Waals surface area contributed by atoms with E-state index in [1.807, 2.05) is 24.3 Å². The first-order chi connectivity index (χ1) is 16.5. The van der Waals surface area contributed by atoms with E-state index in [2.05, 4.69) is 34.9 Å². The average molecular weight is 463 g/mol. The smallest absolute Gasteiger partial charge is 0.407 e. The molecular formula is C27H30N2O5. The van der Waals surface area contributed by atoms with Crippen molar-refractivity contribution in [2.24, 2.45) is 17.8 Å². The summed E-state index contributed by atoms with van der Waals surface area (Å²) in [4.78, 5) is 36.5. The number of carboxylic acid groups (broad SMARTS) is 1. The third-order valence-corrected chi connectivity index (χ3v) is 7.53. The first kappa shape index (κ1) is 22.4. The number of benzene rings is 2. The molecule has 2 aromatic carbocycles. The van der Waals surface area contributed by atoms with Crippen LogP contribution in [0.5, 0.6) is 0 Å². The van der Waals surface area contributed by atoms with Crippen molar-refractivity contribution in [3.05, 3.63) is 59.7 Å². The highest BCUT2D eigenvalue weighted by molar-refractivity contribution is 5.81. The summed E-state index contributed by atoms with van der Waals surface area (Å²) in [6.45, 7) is 0.617. The molecule has 2 aromatic rings. The maximum Gasteiger partial charge on any atom is 0.407 e. The Morgan fingerprint density at radius 3 is 2.21 bits per heavy atom. The summed E-state index contributed by atoms with van der Waals surface area (Å²) in [5.41, 5.74) is 4.67. The fraction of sp³-hybridized carbons (Fsp3) is 0.444. The van der Waals surface area contributed by atoms with Gasteiger partial charge in [0, 0.05) is 18.5 Å². The molecule has 7 nitrogen and oxygen atoms in total. The Balaban J connectivity index is 1.17. The SMILES string of the molecule is O=C(NC1CCCCC1C(=O)NC[C@@H]1C[C@@H]1C(=O)O)OCC1c2ccccc2-c2ccccc21. The number of hydrogen-bond donors (Lipinski definition) is 3. The highest BCUT2D eigenvalue weighted by Gasteiger charge is 2.43. The second kappa shape index (κ2) is 9.49. The Bertz CT molecular complexity index is 1050. The summed E-state index contributed by atoms with van der Waals surface area (Å²) < 4.78 is 5.67. The molecule has 3 aliphatic carbocycles. The molecule has 2 unspecified atom stereocenters. The van der Waals surface area contributed by atoms with Crippen LogP contribution in [0.2, 0.25) is 0 Å². The van der Waals surface area contributed by atoms with Gasteiger partial charge >= 0.3 is 12.1 Å². The Labute approximate surface area is 198 Å². The quantitative estimate of drug-likeness (QED) is 0.579. The number of carboxylic acids is 1. The van der Waals surface area contributed by atoms with Gasteiger partial charge < -0.3 is 20.5 Å². The molecule has 7 heteroatoms. The molecule has 0 aliphatic heterocycles. The molecule has 0 heterocycles. The second-order valence-corrected chi connectivity index (χ2v) is 9.65. The number of ether oxygens (including phenoxy) is 1. The van der Waals surface area contributed by atoms with Crippen LogP contribution in [0.1, 0.15) is 49.1 Å². The van der Waals surface area contributed by atoms with E-state index in [9.17, 15) is 14.4 Å². The zero-order valence-electron chi connectivity index (χ0n) is 19.0. The van der Waals surface area contributed by atoms with Gasteiger partial charge in [0.05, 0.1) is 11.8 Å². The molecule has 0 aromatic heterocycles. The van der Waals surface area contributed by atoms with Crippen molar-refractivity contribution in [1.29, 1.82) is 0 Å². The van der Waals surface area contributed by atoms with Crippen molar-refractivity contribution < 1.29 is 24.2 Å². The first-order valence-electron chi connectivity index (χ1n) is 12.1. The van der Waals surface area contributed by atoms with Crippen LogP contribution in [0.25, 0.3) is 11.1 Å². The lowest BCUT2D eigenvalue weighted by Crippen LogP contribution is -2.49. The van der Waals surface area contributed by atoms with E-state index in [4.69, 9.17) is 9.84 Å². The second-order valence-electron chi connectivity index (χ2n) is 9.65. The topological polar surface area (TPSA) is 105 Å². The molecule has 0 bridgehead atoms. The van der Waals surface area contributed by atoms with Gasteiger partial charge in [0.1, 0.15) is 6.61 Å². The maximum absolute atomic E-state index is 12.8. The molecular weight excluding hydrogens is 432 g/mol. The van der Waals surface area contributed by atoms with Crippen LogP contribution in [0.4, 0.5) is 4.79 Å². The molecule has 5 rings (SSSR count). The van der Waals surface area contributed by atoms with E-state index in [-0.39, 0.29) is 42.2 Å². The van der Waals surface area contributed by atoms with Crippen molar-refractivity contribution in [3.63, 3.8) is 0 Å². The summed E-state index contributed by atoms with van der Waals surface area (Å²) in [6, 6.07) is 16.1. The minimum absolute atomic E-state index is 0.00988. The van der Waals surface area contributed by atoms with Crippen LogP contribution >= 0.6 is 0 Å². The molecule has 2 saturated carbocycles. The normalized spacial score (nSPS) is 25.1. The average Bonchev–Trinajstić information content (AvgIpc) is 3.57. The van der Waals surface area contributed by atoms with Gasteiger partial charge in [-0.25, -0.2) is 4.79 Å². The van der Waals surface area contributed by atoms with Gasteiger partial charge in [-0.05, 0) is 47.4 Å². The number of alkyl carbamates (subject to hydrolysis) is 1. The molecule has 0 spiro atoms. The summed E-state index contributed by atoms with van der Waals surface area (Å²) >= 11 is 0. The standard InChI is InChI=1S/C27H30N2O5/c30-25(28-14-16-13-22(16)26(31)32)21-11-5-6-12-24(21)29-27(33)34-15-23-19-9-3-1-7-17(19)18-8-2-4-10-20(18)23/h1-4,7-10,16,21-24H,5-6,11-15H2,(H,28,30)(H,29,33)(H,31,32)/t16-,21?,22-,24?/m0/s1. The minimum atomic E-state index is -0.799. The van der Waals surface area contributed by atoms with E-state index in [1.54, 1.807) is 0 Å². The monoisotopic (exact) mass is 462 g/mol. The summed E-state index contributed by atoms with van der Waals surface area (Å²) in [6.07, 6.45) is 3.42. The zero-order chi connectivity index (χ0) is 23.7. The Morgan fingerprint density at radius 1 is 0.912 bits per heavy atom. The largest absolute Gasteiger partial charge is 0.481 e. The molecule has 0 radical (unpaired) electrons. The molecule has 3 N–H and O–H groups in total. The van der Waals surface area contributed by atoms with Crippen molar-refractivity contribution in [1.82, 2.24) is 10.6 Å². The number of hydrogen-bond acceptors (Lipinski definition) is 4. The number of carbonyl (C=O) groups excluding carboxylic acids is 2. The molecule has 178 valence electrons. The number of fused-ring (bicyclic) bond motifs is 3. The molecule has 34 heavy (non-hydrogen) atoms. The van der Waals surface area contributed by atoms with E-state index < -0.39 is 12.1 Å². The van der Waals surface area contributed by atoms with Crippen LogP contribution in [0.3, 0.4) is 0 Å². The summed E-state index contributed by atoms with van der Waals surface area (Å²) in [7, 11) is 0. The summed E-state index contributed by atoms with van der Waals surface area (Å²) in [5, 5.41) is 14.9. The zero-order valence-corrected chi connectivity index (χ0v) is 19.0. The van der Waals surface area contributed by atoms with E-state index in [0.717, 1.165) is 30.4 Å². The lowest BCUT2D eigenvalue weighted by molar-refractivity contribution is -0.139. The van der Waals surface area contributed by atoms with Gasteiger partial charge in [-0.2, -0.15) is 0 Å².